The van der Waals surface area contributed by atoms with Crippen LogP contribution in [-0.4, -0.2) is 70.0 Å². The second-order valence-corrected chi connectivity index (χ2v) is 18.2. The minimum Gasteiger partial charge on any atom is -0.756 e. The molecule has 0 radical (unpaired) electrons. The van der Waals surface area contributed by atoms with Crippen LogP contribution >= 0.6 is 7.82 Å². The zero-order valence-electron chi connectivity index (χ0n) is 38.4. The van der Waals surface area contributed by atoms with Crippen molar-refractivity contribution >= 4 is 19.8 Å². The largest absolute Gasteiger partial charge is 0.756 e. The average molecular weight is 850 g/mol. The van der Waals surface area contributed by atoms with Crippen molar-refractivity contribution in [2.24, 2.45) is 0 Å². The fraction of sp³-hybridized carbons (Fsp3) is 0.755. The van der Waals surface area contributed by atoms with Crippen molar-refractivity contribution in [3.8, 4) is 0 Å². The van der Waals surface area contributed by atoms with Gasteiger partial charge in [0.1, 0.15) is 19.8 Å². The SMILES string of the molecule is CC/C=C/C=C/C=C/CCCCCCCC(=O)OC(COC(=O)CCCCCCCCC/C=C/C/C=C/CCCCCCCCCC)COP(=O)([O-])OCC[N+](C)(C)C. The van der Waals surface area contributed by atoms with Crippen LogP contribution in [0, 0.1) is 0 Å². The van der Waals surface area contributed by atoms with E-state index in [1.807, 2.05) is 39.4 Å². The average Bonchev–Trinajstić information content (AvgIpc) is 3.19. The van der Waals surface area contributed by atoms with Crippen molar-refractivity contribution in [1.82, 2.24) is 0 Å². The molecule has 0 aromatic rings. The molecular formula is C49H88NO8P. The van der Waals surface area contributed by atoms with Gasteiger partial charge in [0, 0.05) is 12.8 Å². The molecule has 0 saturated carbocycles. The monoisotopic (exact) mass is 850 g/mol. The van der Waals surface area contributed by atoms with Gasteiger partial charge in [-0.3, -0.25) is 14.2 Å². The number of quaternary nitrogens is 1. The topological polar surface area (TPSA) is 111 Å². The zero-order chi connectivity index (χ0) is 43.6. The van der Waals surface area contributed by atoms with E-state index in [1.54, 1.807) is 0 Å². The van der Waals surface area contributed by atoms with E-state index in [1.165, 1.54) is 77.0 Å². The maximum Gasteiger partial charge on any atom is 0.306 e. The van der Waals surface area contributed by atoms with E-state index in [2.05, 4.69) is 56.4 Å². The third-order valence-corrected chi connectivity index (χ3v) is 10.8. The number of carbonyl (C=O) groups excluding carboxylic acids is 2. The van der Waals surface area contributed by atoms with Gasteiger partial charge < -0.3 is 27.9 Å². The normalized spacial score (nSPS) is 14.1. The molecule has 0 rings (SSSR count). The minimum atomic E-state index is -4.64. The first-order valence-electron chi connectivity index (χ1n) is 23.5. The number of likely N-dealkylation sites (N-methyl/N-ethyl adjacent to an activating group) is 1. The van der Waals surface area contributed by atoms with E-state index >= 15 is 0 Å². The highest BCUT2D eigenvalue weighted by Gasteiger charge is 2.21. The lowest BCUT2D eigenvalue weighted by atomic mass is 10.1. The highest BCUT2D eigenvalue weighted by Crippen LogP contribution is 2.38. The molecule has 2 atom stereocenters. The number of phosphoric acid groups is 1. The first kappa shape index (κ1) is 56.7. The summed E-state index contributed by atoms with van der Waals surface area (Å²) in [6.07, 6.45) is 49.7. The van der Waals surface area contributed by atoms with Crippen molar-refractivity contribution in [1.29, 1.82) is 0 Å². The zero-order valence-corrected chi connectivity index (χ0v) is 39.3. The standard InChI is InChI=1S/C49H88NO8P/c1-6-8-10-12-14-16-18-20-21-22-23-24-25-26-27-28-30-31-33-35-37-39-41-48(51)55-45-47(46-57-59(53,54)56-44-43-50(3,4)5)58-49(52)42-40-38-36-34-32-29-19-17-15-13-11-9-7-2/h9,11,13,15,17,19,22-23,25-26,47H,6-8,10,12,14,16,18,20-21,24,27-46H2,1-5H3/b11-9+,15-13+,19-17+,23-22+,26-25+. The molecule has 0 aliphatic rings. The summed E-state index contributed by atoms with van der Waals surface area (Å²) in [5, 5.41) is 0. The number of rotatable bonds is 42. The molecule has 10 heteroatoms. The van der Waals surface area contributed by atoms with E-state index < -0.39 is 32.5 Å². The van der Waals surface area contributed by atoms with Crippen LogP contribution in [0.5, 0.6) is 0 Å². The molecule has 0 aliphatic heterocycles. The summed E-state index contributed by atoms with van der Waals surface area (Å²) in [6.45, 7) is 4.05. The van der Waals surface area contributed by atoms with Gasteiger partial charge in [0.2, 0.25) is 0 Å². The molecule has 2 unspecified atom stereocenters. The summed E-state index contributed by atoms with van der Waals surface area (Å²) in [6, 6.07) is 0. The number of hydrogen-bond donors (Lipinski definition) is 0. The summed E-state index contributed by atoms with van der Waals surface area (Å²) in [4.78, 5) is 37.6. The Kier molecular flexibility index (Phi) is 39.5. The van der Waals surface area contributed by atoms with Gasteiger partial charge in [-0.1, -0.05) is 171 Å². The predicted molar refractivity (Wildman–Crippen MR) is 245 cm³/mol. The Morgan fingerprint density at radius 2 is 1.03 bits per heavy atom. The van der Waals surface area contributed by atoms with Crippen LogP contribution < -0.4 is 4.89 Å². The van der Waals surface area contributed by atoms with Gasteiger partial charge in [-0.05, 0) is 64.2 Å². The summed E-state index contributed by atoms with van der Waals surface area (Å²) >= 11 is 0. The molecule has 0 heterocycles. The summed E-state index contributed by atoms with van der Waals surface area (Å²) in [5.74, 6) is -0.870. The lowest BCUT2D eigenvalue weighted by Crippen LogP contribution is -2.37. The summed E-state index contributed by atoms with van der Waals surface area (Å²) in [5.41, 5.74) is 0. The molecular weight excluding hydrogens is 762 g/mol. The molecule has 342 valence electrons. The molecule has 0 aliphatic carbocycles. The van der Waals surface area contributed by atoms with Crippen LogP contribution in [0.25, 0.3) is 0 Å². The van der Waals surface area contributed by atoms with E-state index in [0.29, 0.717) is 17.4 Å². The van der Waals surface area contributed by atoms with Crippen molar-refractivity contribution in [2.75, 3.05) is 47.5 Å². The van der Waals surface area contributed by atoms with Crippen molar-refractivity contribution in [2.45, 2.75) is 193 Å². The number of esters is 2. The number of nitrogens with zero attached hydrogens (tertiary/aromatic N) is 1. The van der Waals surface area contributed by atoms with Crippen molar-refractivity contribution < 1.29 is 42.1 Å². The number of phosphoric ester groups is 1. The van der Waals surface area contributed by atoms with Gasteiger partial charge in [-0.15, -0.1) is 0 Å². The maximum absolute atomic E-state index is 12.7. The molecule has 0 fully saturated rings. The number of ether oxygens (including phenoxy) is 2. The third kappa shape index (κ3) is 45.1. The lowest BCUT2D eigenvalue weighted by molar-refractivity contribution is -0.870. The molecule has 0 aromatic heterocycles. The van der Waals surface area contributed by atoms with Crippen LogP contribution in [0.1, 0.15) is 187 Å². The first-order valence-corrected chi connectivity index (χ1v) is 25.0. The number of hydrogen-bond acceptors (Lipinski definition) is 8. The predicted octanol–water partition coefficient (Wildman–Crippen LogP) is 13.0. The highest BCUT2D eigenvalue weighted by molar-refractivity contribution is 7.45. The fourth-order valence-electron chi connectivity index (χ4n) is 6.16. The Morgan fingerprint density at radius 1 is 0.559 bits per heavy atom. The highest BCUT2D eigenvalue weighted by atomic mass is 31.2. The summed E-state index contributed by atoms with van der Waals surface area (Å²) in [7, 11) is 1.14. The minimum absolute atomic E-state index is 0.0391. The summed E-state index contributed by atoms with van der Waals surface area (Å²) < 4.78 is 33.9. The third-order valence-electron chi connectivity index (χ3n) is 9.83. The van der Waals surface area contributed by atoms with Gasteiger partial charge in [-0.2, -0.15) is 0 Å². The van der Waals surface area contributed by atoms with Crippen LogP contribution in [-0.2, 0) is 32.7 Å². The van der Waals surface area contributed by atoms with Crippen LogP contribution in [0.2, 0.25) is 0 Å². The second kappa shape index (κ2) is 41.1. The van der Waals surface area contributed by atoms with Gasteiger partial charge in [0.05, 0.1) is 27.7 Å². The quantitative estimate of drug-likeness (QED) is 0.0149. The van der Waals surface area contributed by atoms with Gasteiger partial charge >= 0.3 is 11.9 Å². The van der Waals surface area contributed by atoms with Gasteiger partial charge in [0.25, 0.3) is 7.82 Å². The fourth-order valence-corrected chi connectivity index (χ4v) is 6.88. The molecule has 59 heavy (non-hydrogen) atoms. The maximum atomic E-state index is 12.7. The van der Waals surface area contributed by atoms with Gasteiger partial charge in [-0.25, -0.2) is 0 Å². The van der Waals surface area contributed by atoms with E-state index in [9.17, 15) is 19.0 Å². The van der Waals surface area contributed by atoms with E-state index in [4.69, 9.17) is 18.5 Å². The van der Waals surface area contributed by atoms with Crippen LogP contribution in [0.15, 0.2) is 60.8 Å². The Hall–Kier alpha value is -2.29. The first-order chi connectivity index (χ1) is 28.5. The number of carbonyl (C=O) groups is 2. The second-order valence-electron chi connectivity index (χ2n) is 16.8. The molecule has 0 amide bonds. The van der Waals surface area contributed by atoms with E-state index in [-0.39, 0.29) is 26.1 Å². The lowest BCUT2D eigenvalue weighted by Gasteiger charge is -2.28. The van der Waals surface area contributed by atoms with Gasteiger partial charge in [0.15, 0.2) is 6.10 Å². The van der Waals surface area contributed by atoms with Crippen LogP contribution in [0.3, 0.4) is 0 Å². The molecule has 0 N–H and O–H groups in total. The Bertz CT molecular complexity index is 1190. The molecule has 9 nitrogen and oxygen atoms in total. The molecule has 0 bridgehead atoms. The Labute approximate surface area is 362 Å². The van der Waals surface area contributed by atoms with Crippen LogP contribution in [0.4, 0.5) is 0 Å². The Balaban J connectivity index is 4.29. The van der Waals surface area contributed by atoms with Crippen molar-refractivity contribution in [3.05, 3.63) is 60.8 Å². The van der Waals surface area contributed by atoms with Crippen molar-refractivity contribution in [3.63, 3.8) is 0 Å². The Morgan fingerprint density at radius 3 is 1.56 bits per heavy atom. The molecule has 0 aromatic carbocycles. The smallest absolute Gasteiger partial charge is 0.306 e. The van der Waals surface area contributed by atoms with E-state index in [0.717, 1.165) is 77.0 Å². The number of unbranched alkanes of at least 4 members (excludes halogenated alkanes) is 20. The molecule has 0 spiro atoms. The molecule has 0 saturated heterocycles. The number of allylic oxidation sites excluding steroid dienone is 10.